The summed E-state index contributed by atoms with van der Waals surface area (Å²) in [6, 6.07) is 3.88. The summed E-state index contributed by atoms with van der Waals surface area (Å²) >= 11 is 1.64. The fourth-order valence-electron chi connectivity index (χ4n) is 3.33. The number of piperazine rings is 1. The van der Waals surface area contributed by atoms with E-state index < -0.39 is 0 Å². The van der Waals surface area contributed by atoms with Gasteiger partial charge >= 0.3 is 0 Å². The molecule has 0 radical (unpaired) electrons. The SMILES string of the molecule is Cc1ccc(N2CC3CCC(C2=O)N3C(=O)/C=C/CN(C)C)s1. The molecular formula is C17H23N3O2S. The minimum Gasteiger partial charge on any atom is -0.322 e. The lowest BCUT2D eigenvalue weighted by Crippen LogP contribution is -2.58. The van der Waals surface area contributed by atoms with E-state index in [4.69, 9.17) is 0 Å². The number of amides is 2. The molecule has 0 N–H and O–H groups in total. The summed E-state index contributed by atoms with van der Waals surface area (Å²) < 4.78 is 0. The van der Waals surface area contributed by atoms with Gasteiger partial charge in [-0.05, 0) is 46.0 Å². The largest absolute Gasteiger partial charge is 0.322 e. The average molecular weight is 333 g/mol. The molecule has 0 saturated carbocycles. The number of nitrogens with zero attached hydrogens (tertiary/aromatic N) is 3. The smallest absolute Gasteiger partial charge is 0.250 e. The van der Waals surface area contributed by atoms with Gasteiger partial charge in [-0.2, -0.15) is 0 Å². The molecule has 0 aliphatic carbocycles. The Bertz CT molecular complexity index is 638. The summed E-state index contributed by atoms with van der Waals surface area (Å²) in [6.07, 6.45) is 5.16. The first-order valence-electron chi connectivity index (χ1n) is 7.98. The van der Waals surface area contributed by atoms with Crippen LogP contribution in [0, 0.1) is 6.92 Å². The van der Waals surface area contributed by atoms with E-state index in [2.05, 4.69) is 0 Å². The number of thiophene rings is 1. The van der Waals surface area contributed by atoms with Crippen LogP contribution < -0.4 is 4.90 Å². The number of rotatable bonds is 4. The lowest BCUT2D eigenvalue weighted by atomic mass is 10.1. The second kappa shape index (κ2) is 6.45. The zero-order valence-electron chi connectivity index (χ0n) is 13.9. The number of likely N-dealkylation sites (N-methyl/N-ethyl adjacent to an activating group) is 1. The van der Waals surface area contributed by atoms with Crippen molar-refractivity contribution >= 4 is 28.2 Å². The maximum Gasteiger partial charge on any atom is 0.250 e. The molecule has 6 heteroatoms. The van der Waals surface area contributed by atoms with Crippen LogP contribution in [0.25, 0.3) is 0 Å². The molecular weight excluding hydrogens is 310 g/mol. The zero-order valence-corrected chi connectivity index (χ0v) is 14.7. The Labute approximate surface area is 141 Å². The molecule has 0 spiro atoms. The molecule has 1 aromatic heterocycles. The number of carbonyl (C=O) groups excluding carboxylic acids is 2. The minimum absolute atomic E-state index is 0.0327. The van der Waals surface area contributed by atoms with Gasteiger partial charge < -0.3 is 9.80 Å². The Morgan fingerprint density at radius 2 is 2.17 bits per heavy atom. The normalized spacial score (nSPS) is 24.3. The van der Waals surface area contributed by atoms with Crippen molar-refractivity contribution in [2.75, 3.05) is 32.1 Å². The van der Waals surface area contributed by atoms with Crippen LogP contribution >= 0.6 is 11.3 Å². The van der Waals surface area contributed by atoms with Gasteiger partial charge in [0.2, 0.25) is 11.8 Å². The van der Waals surface area contributed by atoms with E-state index in [9.17, 15) is 9.59 Å². The third-order valence-corrected chi connectivity index (χ3v) is 5.45. The number of hydrogen-bond donors (Lipinski definition) is 0. The molecule has 2 bridgehead atoms. The van der Waals surface area contributed by atoms with E-state index in [1.54, 1.807) is 22.3 Å². The quantitative estimate of drug-likeness (QED) is 0.790. The summed E-state index contributed by atoms with van der Waals surface area (Å²) in [4.78, 5) is 32.1. The maximum absolute atomic E-state index is 12.8. The topological polar surface area (TPSA) is 43.9 Å². The van der Waals surface area contributed by atoms with Crippen molar-refractivity contribution in [3.05, 3.63) is 29.2 Å². The van der Waals surface area contributed by atoms with Crippen molar-refractivity contribution in [1.29, 1.82) is 0 Å². The van der Waals surface area contributed by atoms with Crippen molar-refractivity contribution in [3.63, 3.8) is 0 Å². The third-order valence-electron chi connectivity index (χ3n) is 4.42. The molecule has 1 aromatic rings. The third kappa shape index (κ3) is 3.19. The minimum atomic E-state index is -0.298. The highest BCUT2D eigenvalue weighted by atomic mass is 32.1. The van der Waals surface area contributed by atoms with E-state index in [1.165, 1.54) is 4.88 Å². The van der Waals surface area contributed by atoms with Crippen molar-refractivity contribution in [2.24, 2.45) is 0 Å². The summed E-state index contributed by atoms with van der Waals surface area (Å²) in [5, 5.41) is 1.000. The van der Waals surface area contributed by atoms with E-state index >= 15 is 0 Å². The summed E-state index contributed by atoms with van der Waals surface area (Å²) in [5.41, 5.74) is 0. The first-order chi connectivity index (χ1) is 11.0. The van der Waals surface area contributed by atoms with Crippen LogP contribution in [0.1, 0.15) is 17.7 Å². The predicted molar refractivity (Wildman–Crippen MR) is 92.8 cm³/mol. The molecule has 2 aliphatic heterocycles. The van der Waals surface area contributed by atoms with Gasteiger partial charge in [0.25, 0.3) is 0 Å². The molecule has 3 heterocycles. The Balaban J connectivity index is 1.74. The highest BCUT2D eigenvalue weighted by Gasteiger charge is 2.47. The molecule has 2 amide bonds. The van der Waals surface area contributed by atoms with Gasteiger partial charge in [-0.3, -0.25) is 14.5 Å². The van der Waals surface area contributed by atoms with Gasteiger partial charge in [0.05, 0.1) is 11.0 Å². The van der Waals surface area contributed by atoms with E-state index in [1.807, 2.05) is 49.0 Å². The molecule has 2 fully saturated rings. The van der Waals surface area contributed by atoms with Crippen LogP contribution in [0.15, 0.2) is 24.3 Å². The van der Waals surface area contributed by atoms with Crippen LogP contribution in [0.2, 0.25) is 0 Å². The monoisotopic (exact) mass is 333 g/mol. The Morgan fingerprint density at radius 3 is 2.83 bits per heavy atom. The van der Waals surface area contributed by atoms with E-state index in [0.29, 0.717) is 6.54 Å². The van der Waals surface area contributed by atoms with Gasteiger partial charge in [0.15, 0.2) is 0 Å². The lowest BCUT2D eigenvalue weighted by molar-refractivity contribution is -0.137. The zero-order chi connectivity index (χ0) is 16.6. The average Bonchev–Trinajstić information content (AvgIpc) is 3.06. The molecule has 124 valence electrons. The molecule has 2 unspecified atom stereocenters. The van der Waals surface area contributed by atoms with Crippen molar-refractivity contribution in [1.82, 2.24) is 9.80 Å². The maximum atomic E-state index is 12.8. The number of fused-ring (bicyclic) bond motifs is 2. The fraction of sp³-hybridized carbons (Fsp3) is 0.529. The number of carbonyl (C=O) groups is 2. The number of hydrogen-bond acceptors (Lipinski definition) is 4. The molecule has 2 aliphatic rings. The van der Waals surface area contributed by atoms with E-state index in [0.717, 1.165) is 24.4 Å². The van der Waals surface area contributed by atoms with E-state index in [-0.39, 0.29) is 23.9 Å². The van der Waals surface area contributed by atoms with Crippen LogP contribution in [-0.2, 0) is 9.59 Å². The first-order valence-corrected chi connectivity index (χ1v) is 8.80. The molecule has 0 aromatic carbocycles. The van der Waals surface area contributed by atoms with Gasteiger partial charge in [-0.15, -0.1) is 11.3 Å². The van der Waals surface area contributed by atoms with Crippen LogP contribution in [0.4, 0.5) is 5.00 Å². The first kappa shape index (κ1) is 16.2. The molecule has 2 atom stereocenters. The van der Waals surface area contributed by atoms with Gasteiger partial charge in [-0.25, -0.2) is 0 Å². The summed E-state index contributed by atoms with van der Waals surface area (Å²) in [6.45, 7) is 3.38. The molecule has 2 saturated heterocycles. The second-order valence-electron chi connectivity index (χ2n) is 6.49. The van der Waals surface area contributed by atoms with Crippen molar-refractivity contribution in [2.45, 2.75) is 31.8 Å². The number of anilines is 1. The van der Waals surface area contributed by atoms with Crippen LogP contribution in [-0.4, -0.2) is 60.9 Å². The van der Waals surface area contributed by atoms with Crippen molar-refractivity contribution in [3.8, 4) is 0 Å². The predicted octanol–water partition coefficient (Wildman–Crippen LogP) is 1.88. The van der Waals surface area contributed by atoms with Gasteiger partial charge in [0, 0.05) is 24.0 Å². The van der Waals surface area contributed by atoms with Gasteiger partial charge in [-0.1, -0.05) is 6.08 Å². The Kier molecular flexibility index (Phi) is 4.55. The Hall–Kier alpha value is -1.66. The van der Waals surface area contributed by atoms with Crippen LogP contribution in [0.3, 0.4) is 0 Å². The summed E-state index contributed by atoms with van der Waals surface area (Å²) in [5.74, 6) is 0.0321. The highest BCUT2D eigenvalue weighted by molar-refractivity contribution is 7.16. The number of aryl methyl sites for hydroxylation is 1. The Morgan fingerprint density at radius 1 is 1.39 bits per heavy atom. The molecule has 3 rings (SSSR count). The fourth-order valence-corrected chi connectivity index (χ4v) is 4.21. The molecule has 5 nitrogen and oxygen atoms in total. The summed E-state index contributed by atoms with van der Waals surface area (Å²) in [7, 11) is 3.92. The van der Waals surface area contributed by atoms with Crippen LogP contribution in [0.5, 0.6) is 0 Å². The molecule has 23 heavy (non-hydrogen) atoms. The second-order valence-corrected chi connectivity index (χ2v) is 7.76. The lowest BCUT2D eigenvalue weighted by Gasteiger charge is -2.39. The van der Waals surface area contributed by atoms with Crippen molar-refractivity contribution < 1.29 is 9.59 Å². The van der Waals surface area contributed by atoms with Gasteiger partial charge in [0.1, 0.15) is 6.04 Å². The highest BCUT2D eigenvalue weighted by Crippen LogP contribution is 2.36. The standard InChI is InChI=1S/C17H23N3O2S/c1-12-6-9-16(23-12)19-11-13-7-8-14(17(19)22)20(13)15(21)5-4-10-18(2)3/h4-6,9,13-14H,7-8,10-11H2,1-3H3/b5-4+.